The molecule has 0 radical (unpaired) electrons. The molecule has 1 saturated heterocycles. The first-order chi connectivity index (χ1) is 13.7. The van der Waals surface area contributed by atoms with E-state index in [1.807, 2.05) is 6.92 Å². The molecule has 1 amide bonds. The second-order valence-corrected chi connectivity index (χ2v) is 9.09. The molecule has 1 unspecified atom stereocenters. The van der Waals surface area contributed by atoms with Crippen LogP contribution in [-0.2, 0) is 26.0 Å². The van der Waals surface area contributed by atoms with E-state index >= 15 is 0 Å². The zero-order valence-corrected chi connectivity index (χ0v) is 17.0. The molecule has 3 rings (SSSR count). The minimum atomic E-state index is -3.09. The smallest absolute Gasteiger partial charge is 0.338 e. The largest absolute Gasteiger partial charge is 0.489 e. The molecule has 2 heterocycles. The SMILES string of the molecule is Cc1noc(C)c1COc1cccc(C(=O)OCC(=O)NC2CCS(=O)(=O)C2)c1. The Morgan fingerprint density at radius 2 is 2.10 bits per heavy atom. The molecule has 10 heteroatoms. The minimum Gasteiger partial charge on any atom is -0.489 e. The zero-order chi connectivity index (χ0) is 21.0. The van der Waals surface area contributed by atoms with E-state index in [0.717, 1.165) is 11.3 Å². The molecule has 156 valence electrons. The molecule has 1 aromatic carbocycles. The van der Waals surface area contributed by atoms with Gasteiger partial charge in [-0.05, 0) is 38.5 Å². The number of aryl methyl sites for hydroxylation is 2. The molecule has 0 saturated carbocycles. The van der Waals surface area contributed by atoms with Gasteiger partial charge in [-0.1, -0.05) is 11.2 Å². The number of carbonyl (C=O) groups excluding carboxylic acids is 2. The van der Waals surface area contributed by atoms with E-state index in [9.17, 15) is 18.0 Å². The summed E-state index contributed by atoms with van der Waals surface area (Å²) < 4.78 is 38.6. The van der Waals surface area contributed by atoms with Crippen LogP contribution in [0.4, 0.5) is 0 Å². The van der Waals surface area contributed by atoms with Gasteiger partial charge < -0.3 is 19.3 Å². The van der Waals surface area contributed by atoms with Gasteiger partial charge in [0.05, 0.1) is 28.3 Å². The number of hydrogen-bond donors (Lipinski definition) is 1. The topological polar surface area (TPSA) is 125 Å². The van der Waals surface area contributed by atoms with Gasteiger partial charge in [-0.15, -0.1) is 0 Å². The van der Waals surface area contributed by atoms with E-state index in [4.69, 9.17) is 14.0 Å². The number of sulfone groups is 1. The van der Waals surface area contributed by atoms with Crippen molar-refractivity contribution < 1.29 is 32.0 Å². The fourth-order valence-corrected chi connectivity index (χ4v) is 4.64. The maximum atomic E-state index is 12.2. The number of hydrogen-bond acceptors (Lipinski definition) is 8. The number of aromatic nitrogens is 1. The summed E-state index contributed by atoms with van der Waals surface area (Å²) >= 11 is 0. The third-order valence-corrected chi connectivity index (χ3v) is 6.33. The summed E-state index contributed by atoms with van der Waals surface area (Å²) in [6, 6.07) is 5.96. The van der Waals surface area contributed by atoms with Crippen molar-refractivity contribution in [1.29, 1.82) is 0 Å². The monoisotopic (exact) mass is 422 g/mol. The highest BCUT2D eigenvalue weighted by atomic mass is 32.2. The lowest BCUT2D eigenvalue weighted by atomic mass is 10.2. The quantitative estimate of drug-likeness (QED) is 0.663. The van der Waals surface area contributed by atoms with Gasteiger partial charge in [0.15, 0.2) is 16.4 Å². The summed E-state index contributed by atoms with van der Waals surface area (Å²) in [5, 5.41) is 6.42. The number of carbonyl (C=O) groups is 2. The number of esters is 1. The van der Waals surface area contributed by atoms with Gasteiger partial charge in [0.1, 0.15) is 18.1 Å². The predicted molar refractivity (Wildman–Crippen MR) is 102 cm³/mol. The first kappa shape index (κ1) is 20.8. The van der Waals surface area contributed by atoms with Gasteiger partial charge in [-0.2, -0.15) is 0 Å². The second-order valence-electron chi connectivity index (χ2n) is 6.86. The van der Waals surface area contributed by atoms with E-state index in [1.165, 1.54) is 6.07 Å². The lowest BCUT2D eigenvalue weighted by Gasteiger charge is -2.11. The highest BCUT2D eigenvalue weighted by Gasteiger charge is 2.29. The summed E-state index contributed by atoms with van der Waals surface area (Å²) in [5.74, 6) is -0.122. The van der Waals surface area contributed by atoms with Crippen LogP contribution in [0.1, 0.15) is 33.8 Å². The minimum absolute atomic E-state index is 0.0540. The van der Waals surface area contributed by atoms with Crippen LogP contribution in [0.2, 0.25) is 0 Å². The van der Waals surface area contributed by atoms with Crippen molar-refractivity contribution in [2.45, 2.75) is 32.9 Å². The van der Waals surface area contributed by atoms with Crippen molar-refractivity contribution in [2.75, 3.05) is 18.1 Å². The first-order valence-corrected chi connectivity index (χ1v) is 10.9. The Morgan fingerprint density at radius 1 is 1.31 bits per heavy atom. The van der Waals surface area contributed by atoms with Crippen molar-refractivity contribution in [2.24, 2.45) is 0 Å². The van der Waals surface area contributed by atoms with E-state index in [2.05, 4.69) is 10.5 Å². The Labute approximate surface area is 168 Å². The molecule has 29 heavy (non-hydrogen) atoms. The van der Waals surface area contributed by atoms with Crippen molar-refractivity contribution in [3.63, 3.8) is 0 Å². The number of ether oxygens (including phenoxy) is 2. The van der Waals surface area contributed by atoms with Gasteiger partial charge in [-0.3, -0.25) is 4.79 Å². The van der Waals surface area contributed by atoms with Crippen molar-refractivity contribution in [1.82, 2.24) is 10.5 Å². The normalized spacial score (nSPS) is 17.7. The number of rotatable bonds is 7. The van der Waals surface area contributed by atoms with Crippen LogP contribution in [0.15, 0.2) is 28.8 Å². The maximum absolute atomic E-state index is 12.2. The molecular formula is C19H22N2O7S. The molecule has 0 spiro atoms. The molecular weight excluding hydrogens is 400 g/mol. The fourth-order valence-electron chi connectivity index (χ4n) is 2.97. The lowest BCUT2D eigenvalue weighted by Crippen LogP contribution is -2.38. The van der Waals surface area contributed by atoms with E-state index in [-0.39, 0.29) is 23.7 Å². The Morgan fingerprint density at radius 3 is 2.76 bits per heavy atom. The number of nitrogens with one attached hydrogen (secondary N) is 1. The van der Waals surface area contributed by atoms with Crippen LogP contribution in [0, 0.1) is 13.8 Å². The van der Waals surface area contributed by atoms with Crippen LogP contribution in [-0.4, -0.2) is 49.6 Å². The lowest BCUT2D eigenvalue weighted by molar-refractivity contribution is -0.124. The highest BCUT2D eigenvalue weighted by molar-refractivity contribution is 7.91. The standard InChI is InChI=1S/C19H22N2O7S/c1-12-17(13(2)28-21-12)9-26-16-5-3-4-14(8-16)19(23)27-10-18(22)20-15-6-7-29(24,25)11-15/h3-5,8,15H,6-7,9-11H2,1-2H3,(H,20,22). The molecule has 1 atom stereocenters. The molecule has 1 aromatic heterocycles. The van der Waals surface area contributed by atoms with Crippen LogP contribution in [0.5, 0.6) is 5.75 Å². The molecule has 9 nitrogen and oxygen atoms in total. The number of benzene rings is 1. The molecule has 1 fully saturated rings. The van der Waals surface area contributed by atoms with Crippen molar-refractivity contribution >= 4 is 21.7 Å². The summed E-state index contributed by atoms with van der Waals surface area (Å²) in [5.41, 5.74) is 1.81. The van der Waals surface area contributed by atoms with Crippen LogP contribution >= 0.6 is 0 Å². The average Bonchev–Trinajstić information content (AvgIpc) is 3.18. The predicted octanol–water partition coefficient (Wildman–Crippen LogP) is 1.33. The Bertz CT molecular complexity index is 994. The number of nitrogens with zero attached hydrogens (tertiary/aromatic N) is 1. The second kappa shape index (κ2) is 8.64. The molecule has 0 aliphatic carbocycles. The summed E-state index contributed by atoms with van der Waals surface area (Å²) in [6.45, 7) is 3.36. The van der Waals surface area contributed by atoms with E-state index in [1.54, 1.807) is 25.1 Å². The van der Waals surface area contributed by atoms with E-state index < -0.39 is 34.4 Å². The molecule has 1 aliphatic rings. The molecule has 0 bridgehead atoms. The third-order valence-electron chi connectivity index (χ3n) is 4.57. The maximum Gasteiger partial charge on any atom is 0.338 e. The van der Waals surface area contributed by atoms with Crippen molar-refractivity contribution in [3.8, 4) is 5.75 Å². The zero-order valence-electron chi connectivity index (χ0n) is 16.1. The molecule has 1 aliphatic heterocycles. The summed E-state index contributed by atoms with van der Waals surface area (Å²) in [6.07, 6.45) is 0.368. The van der Waals surface area contributed by atoms with Gasteiger partial charge in [0.2, 0.25) is 0 Å². The van der Waals surface area contributed by atoms with Gasteiger partial charge in [0, 0.05) is 6.04 Å². The summed E-state index contributed by atoms with van der Waals surface area (Å²) in [7, 11) is -3.09. The Hall–Kier alpha value is -2.88. The van der Waals surface area contributed by atoms with Crippen molar-refractivity contribution in [3.05, 3.63) is 46.8 Å². The third kappa shape index (κ3) is 5.57. The van der Waals surface area contributed by atoms with Gasteiger partial charge in [0.25, 0.3) is 5.91 Å². The van der Waals surface area contributed by atoms with Crippen LogP contribution in [0.25, 0.3) is 0 Å². The molecule has 2 aromatic rings. The van der Waals surface area contributed by atoms with Gasteiger partial charge in [-0.25, -0.2) is 13.2 Å². The average molecular weight is 422 g/mol. The van der Waals surface area contributed by atoms with Crippen LogP contribution in [0.3, 0.4) is 0 Å². The van der Waals surface area contributed by atoms with Crippen LogP contribution < -0.4 is 10.1 Å². The number of amides is 1. The van der Waals surface area contributed by atoms with E-state index in [0.29, 0.717) is 17.9 Å². The first-order valence-electron chi connectivity index (χ1n) is 9.05. The highest BCUT2D eigenvalue weighted by Crippen LogP contribution is 2.19. The summed E-state index contributed by atoms with van der Waals surface area (Å²) in [4.78, 5) is 24.1. The Balaban J connectivity index is 1.50. The van der Waals surface area contributed by atoms with Gasteiger partial charge >= 0.3 is 5.97 Å². The Kier molecular flexibility index (Phi) is 6.21. The molecule has 1 N–H and O–H groups in total. The fraction of sp³-hybridized carbons (Fsp3) is 0.421.